The van der Waals surface area contributed by atoms with Crippen molar-refractivity contribution in [3.05, 3.63) is 47.3 Å². The first-order valence-corrected chi connectivity index (χ1v) is 9.99. The SMILES string of the molecule is Cc1cnc(C(=O)N2CC[C@@H](c3cc(N4CCN(C)CC4)cc(C)n3)C2)cn1. The van der Waals surface area contributed by atoms with Crippen LogP contribution in [0.15, 0.2) is 24.5 Å². The number of likely N-dealkylation sites (N-methyl/N-ethyl adjacent to an activating group) is 1. The van der Waals surface area contributed by atoms with Gasteiger partial charge in [-0.1, -0.05) is 0 Å². The molecular weight excluding hydrogens is 352 g/mol. The van der Waals surface area contributed by atoms with Crippen LogP contribution < -0.4 is 4.90 Å². The molecule has 2 fully saturated rings. The predicted octanol–water partition coefficient (Wildman–Crippen LogP) is 1.87. The number of likely N-dealkylation sites (tertiary alicyclic amines) is 1. The van der Waals surface area contributed by atoms with Crippen LogP contribution in [0.2, 0.25) is 0 Å². The molecule has 0 aromatic carbocycles. The Labute approximate surface area is 166 Å². The number of carbonyl (C=O) groups excluding carboxylic acids is 1. The number of aryl methyl sites for hydroxylation is 2. The number of carbonyl (C=O) groups is 1. The van der Waals surface area contributed by atoms with Gasteiger partial charge in [-0.25, -0.2) is 4.98 Å². The first-order chi connectivity index (χ1) is 13.5. The van der Waals surface area contributed by atoms with Crippen LogP contribution in [-0.4, -0.2) is 77.0 Å². The summed E-state index contributed by atoms with van der Waals surface area (Å²) in [7, 11) is 2.17. The molecule has 0 bridgehead atoms. The maximum absolute atomic E-state index is 12.7. The molecule has 1 atom stereocenters. The van der Waals surface area contributed by atoms with Crippen molar-refractivity contribution in [3.8, 4) is 0 Å². The Hall–Kier alpha value is -2.54. The third kappa shape index (κ3) is 3.99. The molecule has 0 N–H and O–H groups in total. The number of piperazine rings is 1. The number of hydrogen-bond acceptors (Lipinski definition) is 6. The van der Waals surface area contributed by atoms with Crippen molar-refractivity contribution in [2.24, 2.45) is 0 Å². The largest absolute Gasteiger partial charge is 0.369 e. The van der Waals surface area contributed by atoms with Gasteiger partial charge in [-0.2, -0.15) is 0 Å². The minimum absolute atomic E-state index is 0.0399. The summed E-state index contributed by atoms with van der Waals surface area (Å²) in [6, 6.07) is 4.40. The second-order valence-electron chi connectivity index (χ2n) is 7.96. The first kappa shape index (κ1) is 18.8. The van der Waals surface area contributed by atoms with Gasteiger partial charge in [0.25, 0.3) is 5.91 Å². The van der Waals surface area contributed by atoms with Crippen LogP contribution in [-0.2, 0) is 0 Å². The molecule has 0 radical (unpaired) electrons. The average molecular weight is 380 g/mol. The number of aromatic nitrogens is 3. The van der Waals surface area contributed by atoms with Gasteiger partial charge >= 0.3 is 0 Å². The van der Waals surface area contributed by atoms with Crippen molar-refractivity contribution >= 4 is 11.6 Å². The summed E-state index contributed by atoms with van der Waals surface area (Å²) in [4.78, 5) is 32.7. The quantitative estimate of drug-likeness (QED) is 0.810. The average Bonchev–Trinajstić information content (AvgIpc) is 3.18. The van der Waals surface area contributed by atoms with Crippen molar-refractivity contribution in [1.29, 1.82) is 0 Å². The van der Waals surface area contributed by atoms with Gasteiger partial charge in [0, 0.05) is 68.5 Å². The lowest BCUT2D eigenvalue weighted by atomic mass is 10.0. The summed E-state index contributed by atoms with van der Waals surface area (Å²) in [6.07, 6.45) is 4.15. The van der Waals surface area contributed by atoms with E-state index in [1.54, 1.807) is 12.4 Å². The maximum atomic E-state index is 12.7. The Morgan fingerprint density at radius 2 is 1.79 bits per heavy atom. The summed E-state index contributed by atoms with van der Waals surface area (Å²) in [6.45, 7) is 9.60. The zero-order chi connectivity index (χ0) is 19.7. The van der Waals surface area contributed by atoms with E-state index in [4.69, 9.17) is 4.98 Å². The van der Waals surface area contributed by atoms with E-state index in [0.717, 1.165) is 56.2 Å². The third-order valence-corrected chi connectivity index (χ3v) is 5.72. The van der Waals surface area contributed by atoms with E-state index in [9.17, 15) is 4.79 Å². The van der Waals surface area contributed by atoms with Crippen LogP contribution in [0.1, 0.15) is 39.9 Å². The molecule has 4 heterocycles. The Bertz CT molecular complexity index is 844. The summed E-state index contributed by atoms with van der Waals surface area (Å²) in [5.74, 6) is 0.232. The topological polar surface area (TPSA) is 65.5 Å². The number of hydrogen-bond donors (Lipinski definition) is 0. The van der Waals surface area contributed by atoms with Gasteiger partial charge in [-0.05, 0) is 39.4 Å². The molecule has 4 rings (SSSR count). The molecule has 2 aliphatic heterocycles. The summed E-state index contributed by atoms with van der Waals surface area (Å²) in [5.41, 5.74) is 4.63. The highest BCUT2D eigenvalue weighted by molar-refractivity contribution is 5.92. The molecule has 2 aromatic rings. The van der Waals surface area contributed by atoms with Crippen molar-refractivity contribution < 1.29 is 4.79 Å². The van der Waals surface area contributed by atoms with E-state index in [1.165, 1.54) is 5.69 Å². The zero-order valence-corrected chi connectivity index (χ0v) is 16.9. The predicted molar refractivity (Wildman–Crippen MR) is 109 cm³/mol. The molecule has 1 amide bonds. The van der Waals surface area contributed by atoms with Gasteiger partial charge in [0.2, 0.25) is 0 Å². The molecule has 2 aliphatic rings. The number of amides is 1. The van der Waals surface area contributed by atoms with Crippen LogP contribution >= 0.6 is 0 Å². The second kappa shape index (κ2) is 7.83. The van der Waals surface area contributed by atoms with Crippen LogP contribution in [0.4, 0.5) is 5.69 Å². The van der Waals surface area contributed by atoms with Crippen molar-refractivity contribution in [3.63, 3.8) is 0 Å². The standard InChI is InChI=1S/C21H28N6O/c1-15-10-18(26-8-6-25(3)7-9-26)11-19(24-15)17-4-5-27(14-17)21(28)20-13-22-16(2)12-23-20/h10-13,17H,4-9,14H2,1-3H3/t17-/m1/s1. The summed E-state index contributed by atoms with van der Waals surface area (Å²) in [5, 5.41) is 0. The molecule has 0 aliphatic carbocycles. The molecule has 7 heteroatoms. The molecule has 7 nitrogen and oxygen atoms in total. The highest BCUT2D eigenvalue weighted by Crippen LogP contribution is 2.30. The lowest BCUT2D eigenvalue weighted by molar-refractivity contribution is 0.0784. The van der Waals surface area contributed by atoms with Gasteiger partial charge in [-0.3, -0.25) is 14.8 Å². The summed E-state index contributed by atoms with van der Waals surface area (Å²) >= 11 is 0. The van der Waals surface area contributed by atoms with Gasteiger partial charge in [0.15, 0.2) is 0 Å². The molecule has 2 aromatic heterocycles. The van der Waals surface area contributed by atoms with E-state index in [0.29, 0.717) is 12.2 Å². The monoisotopic (exact) mass is 380 g/mol. The molecule has 28 heavy (non-hydrogen) atoms. The van der Waals surface area contributed by atoms with E-state index in [-0.39, 0.29) is 11.8 Å². The van der Waals surface area contributed by atoms with Gasteiger partial charge < -0.3 is 14.7 Å². The van der Waals surface area contributed by atoms with Crippen LogP contribution in [0.5, 0.6) is 0 Å². The number of rotatable bonds is 3. The van der Waals surface area contributed by atoms with E-state index in [2.05, 4.69) is 45.9 Å². The number of pyridine rings is 1. The molecule has 148 valence electrons. The molecule has 2 saturated heterocycles. The Morgan fingerprint density at radius 1 is 1.00 bits per heavy atom. The van der Waals surface area contributed by atoms with Crippen LogP contribution in [0.25, 0.3) is 0 Å². The van der Waals surface area contributed by atoms with Crippen molar-refractivity contribution in [1.82, 2.24) is 24.8 Å². The number of nitrogens with zero attached hydrogens (tertiary/aromatic N) is 6. The van der Waals surface area contributed by atoms with Gasteiger partial charge in [-0.15, -0.1) is 0 Å². The maximum Gasteiger partial charge on any atom is 0.274 e. The first-order valence-electron chi connectivity index (χ1n) is 9.99. The molecule has 0 unspecified atom stereocenters. The summed E-state index contributed by atoms with van der Waals surface area (Å²) < 4.78 is 0. The van der Waals surface area contributed by atoms with E-state index < -0.39 is 0 Å². The van der Waals surface area contributed by atoms with Gasteiger partial charge in [0.1, 0.15) is 5.69 Å². The minimum Gasteiger partial charge on any atom is -0.369 e. The fourth-order valence-electron chi connectivity index (χ4n) is 3.98. The van der Waals surface area contributed by atoms with Crippen LogP contribution in [0, 0.1) is 13.8 Å². The van der Waals surface area contributed by atoms with Crippen LogP contribution in [0.3, 0.4) is 0 Å². The highest BCUT2D eigenvalue weighted by Gasteiger charge is 2.30. The molecule has 0 saturated carbocycles. The molecule has 0 spiro atoms. The Kier molecular flexibility index (Phi) is 5.26. The zero-order valence-electron chi connectivity index (χ0n) is 16.9. The second-order valence-corrected chi connectivity index (χ2v) is 7.96. The number of anilines is 1. The lowest BCUT2D eigenvalue weighted by Gasteiger charge is -2.34. The smallest absolute Gasteiger partial charge is 0.274 e. The van der Waals surface area contributed by atoms with Crippen molar-refractivity contribution in [2.45, 2.75) is 26.2 Å². The highest BCUT2D eigenvalue weighted by atomic mass is 16.2. The Balaban J connectivity index is 1.47. The van der Waals surface area contributed by atoms with Gasteiger partial charge in [0.05, 0.1) is 11.9 Å². The fourth-order valence-corrected chi connectivity index (χ4v) is 3.98. The lowest BCUT2D eigenvalue weighted by Crippen LogP contribution is -2.44. The molecular formula is C21H28N6O. The van der Waals surface area contributed by atoms with E-state index >= 15 is 0 Å². The Morgan fingerprint density at radius 3 is 2.50 bits per heavy atom. The minimum atomic E-state index is -0.0399. The fraction of sp³-hybridized carbons (Fsp3) is 0.524. The van der Waals surface area contributed by atoms with E-state index in [1.807, 2.05) is 11.8 Å². The third-order valence-electron chi connectivity index (χ3n) is 5.72. The van der Waals surface area contributed by atoms with Crippen molar-refractivity contribution in [2.75, 3.05) is 51.2 Å². The normalized spacial score (nSPS) is 20.6.